The summed E-state index contributed by atoms with van der Waals surface area (Å²) in [5.41, 5.74) is 16.8. The first-order valence-corrected chi connectivity index (χ1v) is 36.4. The third-order valence-corrected chi connectivity index (χ3v) is 18.3. The van der Waals surface area contributed by atoms with E-state index < -0.39 is 0 Å². The second-order valence-corrected chi connectivity index (χ2v) is 36.7. The lowest BCUT2D eigenvalue weighted by Crippen LogP contribution is -2.16. The van der Waals surface area contributed by atoms with Crippen molar-refractivity contribution in [1.29, 1.82) is 0 Å². The number of hydrogen-bond donors (Lipinski definition) is 1. The Bertz CT molecular complexity index is 3400. The van der Waals surface area contributed by atoms with Gasteiger partial charge in [0.05, 0.1) is 51.6 Å². The predicted molar refractivity (Wildman–Crippen MR) is 436 cm³/mol. The maximum atomic E-state index is 4.44. The number of nitrogens with zero attached hydrogens (tertiary/aromatic N) is 10. The molecule has 9 rings (SSSR count). The van der Waals surface area contributed by atoms with E-state index in [9.17, 15) is 0 Å². The first-order valence-electron chi connectivity index (χ1n) is 33.9. The number of rotatable bonds is 6. The molecule has 0 saturated carbocycles. The number of aliphatic imine (C=N–C) groups is 4. The van der Waals surface area contributed by atoms with Crippen LogP contribution in [0.2, 0.25) is 0 Å². The van der Waals surface area contributed by atoms with E-state index in [4.69, 9.17) is 0 Å². The molecule has 0 aliphatic carbocycles. The first-order chi connectivity index (χ1) is 44.2. The molecule has 5 aromatic heterocycles. The van der Waals surface area contributed by atoms with Gasteiger partial charge in [-0.1, -0.05) is 251 Å². The van der Waals surface area contributed by atoms with Crippen LogP contribution in [0, 0.1) is 42.4 Å². The minimum absolute atomic E-state index is 0.147. The quantitative estimate of drug-likeness (QED) is 0.181. The van der Waals surface area contributed by atoms with Crippen LogP contribution >= 0.6 is 34.2 Å². The van der Waals surface area contributed by atoms with E-state index in [-0.39, 0.29) is 48.7 Å². The van der Waals surface area contributed by atoms with Crippen LogP contribution in [0.25, 0.3) is 12.2 Å². The van der Waals surface area contributed by atoms with Crippen LogP contribution in [0.3, 0.4) is 0 Å². The molecular weight excluding hydrogens is 1250 g/mol. The summed E-state index contributed by atoms with van der Waals surface area (Å²) in [6.45, 7) is 89.0. The Labute approximate surface area is 603 Å². The van der Waals surface area contributed by atoms with Gasteiger partial charge in [0.2, 0.25) is 0 Å². The molecule has 5 aromatic rings. The lowest BCUT2D eigenvalue weighted by atomic mass is 9.84. The van der Waals surface area contributed by atoms with Gasteiger partial charge in [0.15, 0.2) is 0 Å². The van der Waals surface area contributed by atoms with Crippen LogP contribution in [0.4, 0.5) is 0 Å². The second kappa shape index (κ2) is 37.5. The fourth-order valence-electron chi connectivity index (χ4n) is 8.95. The van der Waals surface area contributed by atoms with Crippen molar-refractivity contribution in [2.24, 2.45) is 48.7 Å². The average molecular weight is 1380 g/mol. The number of imidazole rings is 1. The number of hydrogen-bond acceptors (Lipinski definition) is 12. The highest BCUT2D eigenvalue weighted by atomic mass is 32.1. The predicted octanol–water partition coefficient (Wildman–Crippen LogP) is 24.1. The zero-order valence-electron chi connectivity index (χ0n) is 66.4. The minimum atomic E-state index is 0.147. The van der Waals surface area contributed by atoms with Crippen LogP contribution in [-0.2, 0) is 34.1 Å². The van der Waals surface area contributed by atoms with E-state index in [1.807, 2.05) is 70.6 Å². The average Bonchev–Trinajstić information content (AvgIpc) is 1.88. The summed E-state index contributed by atoms with van der Waals surface area (Å²) in [6.07, 6.45) is 25.4. The molecule has 9 heterocycles. The van der Waals surface area contributed by atoms with E-state index >= 15 is 0 Å². The zero-order valence-corrected chi connectivity index (χ0v) is 68.9. The molecule has 0 unspecified atom stereocenters. The molecule has 0 amide bonds. The molecule has 97 heavy (non-hydrogen) atoms. The normalized spacial score (nSPS) is 14.5. The molecule has 0 atom stereocenters. The molecule has 0 aromatic carbocycles. The summed E-state index contributed by atoms with van der Waals surface area (Å²) in [6, 6.07) is 4.18. The lowest BCUT2D eigenvalue weighted by Gasteiger charge is -2.20. The molecule has 0 saturated heterocycles. The molecule has 0 radical (unpaired) electrons. The molecule has 4 aliphatic heterocycles. The molecule has 0 spiro atoms. The van der Waals surface area contributed by atoms with E-state index in [1.165, 1.54) is 43.7 Å². The van der Waals surface area contributed by atoms with Gasteiger partial charge in [-0.15, -0.1) is 22.7 Å². The summed E-state index contributed by atoms with van der Waals surface area (Å²) in [4.78, 5) is 33.1. The van der Waals surface area contributed by atoms with Crippen molar-refractivity contribution in [2.45, 2.75) is 248 Å². The molecule has 0 fully saturated rings. The maximum absolute atomic E-state index is 4.44. The number of aryl methyl sites for hydroxylation is 3. The van der Waals surface area contributed by atoms with Crippen LogP contribution in [0.5, 0.6) is 0 Å². The lowest BCUT2D eigenvalue weighted by molar-refractivity contribution is 0.499. The number of nitrogens with one attached hydrogen (secondary N) is 1. The van der Waals surface area contributed by atoms with Gasteiger partial charge < -0.3 is 4.57 Å². The number of thiazole rings is 2. The van der Waals surface area contributed by atoms with E-state index in [2.05, 4.69) is 316 Å². The van der Waals surface area contributed by atoms with Crippen molar-refractivity contribution in [1.82, 2.24) is 34.1 Å². The van der Waals surface area contributed by atoms with Crippen molar-refractivity contribution in [3.05, 3.63) is 195 Å². The van der Waals surface area contributed by atoms with Crippen LogP contribution in [0.15, 0.2) is 160 Å². The maximum Gasteiger partial charge on any atom is 0.131 e. The highest BCUT2D eigenvalue weighted by molar-refractivity contribution is 7.11. The Morgan fingerprint density at radius 3 is 1.13 bits per heavy atom. The summed E-state index contributed by atoms with van der Waals surface area (Å²) < 4.78 is 6.30. The van der Waals surface area contributed by atoms with E-state index in [0.717, 1.165) is 81.7 Å². The Morgan fingerprint density at radius 2 is 0.938 bits per heavy atom. The van der Waals surface area contributed by atoms with Crippen molar-refractivity contribution in [3.63, 3.8) is 0 Å². The van der Waals surface area contributed by atoms with Crippen molar-refractivity contribution in [3.8, 4) is 0 Å². The molecular formula is C83H129N11S3. The molecule has 4 aliphatic rings. The van der Waals surface area contributed by atoms with Crippen LogP contribution < -0.4 is 0 Å². The van der Waals surface area contributed by atoms with Gasteiger partial charge in [0.25, 0.3) is 0 Å². The van der Waals surface area contributed by atoms with Gasteiger partial charge in [-0.3, -0.25) is 25.1 Å². The Balaban J connectivity index is 0.000000546. The third kappa shape index (κ3) is 31.9. The third-order valence-electron chi connectivity index (χ3n) is 14.9. The van der Waals surface area contributed by atoms with Crippen molar-refractivity contribution in [2.75, 3.05) is 13.1 Å². The Hall–Kier alpha value is -6.61. The smallest absolute Gasteiger partial charge is 0.131 e. The number of aromatic nitrogens is 7. The van der Waals surface area contributed by atoms with Gasteiger partial charge in [0, 0.05) is 109 Å². The van der Waals surface area contributed by atoms with Crippen molar-refractivity contribution >= 4 is 69.2 Å². The van der Waals surface area contributed by atoms with Gasteiger partial charge in [-0.05, 0) is 114 Å². The van der Waals surface area contributed by atoms with Gasteiger partial charge in [-0.25, -0.2) is 15.0 Å². The summed E-state index contributed by atoms with van der Waals surface area (Å²) in [5, 5.41) is 11.5. The minimum Gasteiger partial charge on any atom is -0.331 e. The number of aromatic amines is 1. The molecule has 11 nitrogen and oxygen atoms in total. The molecule has 0 bridgehead atoms. The number of H-pyrrole nitrogens is 1. The van der Waals surface area contributed by atoms with Gasteiger partial charge in [0.1, 0.15) is 5.82 Å². The highest BCUT2D eigenvalue weighted by Gasteiger charge is 2.26. The largest absolute Gasteiger partial charge is 0.331 e. The van der Waals surface area contributed by atoms with Crippen LogP contribution in [0.1, 0.15) is 254 Å². The SMILES string of the molecule is C=CC1=NC(C(C)(C)C)=CC1.C=CC1=NC(C(C)(C)C)=CC1.C=CC1=NCC=C1C(C)(C)C.C=CC1=NCC=C1C(C)(C)C.C=Cc1cc(C(C)(C)C)[nH]n1.C=Cc1ncc(C(C)(C)C)n1C.Cc1cc(C(C)(C)C)sn1.Cc1nc(C(C)(C)C)cs1.Cc1ncc(C(C)(C)C)s1. The van der Waals surface area contributed by atoms with Gasteiger partial charge in [-0.2, -0.15) is 9.47 Å². The highest BCUT2D eigenvalue weighted by Crippen LogP contribution is 2.34. The van der Waals surface area contributed by atoms with E-state index in [1.54, 1.807) is 46.4 Å². The Morgan fingerprint density at radius 1 is 0.474 bits per heavy atom. The summed E-state index contributed by atoms with van der Waals surface area (Å²) in [7, 11) is 2.02. The van der Waals surface area contributed by atoms with Gasteiger partial charge >= 0.3 is 0 Å². The van der Waals surface area contributed by atoms with Crippen LogP contribution in [-0.4, -0.2) is 70.0 Å². The first kappa shape index (κ1) is 88.4. The topological polar surface area (TPSA) is 135 Å². The molecule has 14 heteroatoms. The monoisotopic (exact) mass is 1380 g/mol. The number of allylic oxidation sites excluding steroid dienone is 10. The fourth-order valence-corrected chi connectivity index (χ4v) is 11.4. The summed E-state index contributed by atoms with van der Waals surface area (Å²) >= 11 is 5.11. The van der Waals surface area contributed by atoms with Crippen molar-refractivity contribution < 1.29 is 0 Å². The summed E-state index contributed by atoms with van der Waals surface area (Å²) in [5.74, 6) is 0.930. The fraction of sp³-hybridized carbons (Fsp3) is 0.530. The Kier molecular flexibility index (Phi) is 34.2. The second-order valence-electron chi connectivity index (χ2n) is 33.6. The zero-order chi connectivity index (χ0) is 75.1. The van der Waals surface area contributed by atoms with E-state index in [0.29, 0.717) is 0 Å². The molecule has 1 N–H and O–H groups in total. The standard InChI is InChI=1S/C10H16N2.4C10H15N.C9H14N2.3C8H13NS/c1-6-9-11-7-8(12(9)5)10(2,3)4;2*1-5-9-8(6-7-11-9)10(2,3)4;2*1-5-8-6-7-9(11-8)10(2,3)4;1-5-7-6-8(11-10-7)9(2,3)4;1-6-9-7(5-10-6)8(2,3)4;1-6-9-5-7(10-6)8(2,3)4;1-6-5-7(10-9-6)8(2,3)4/h6-7H,1H2,2-5H3;2*5-6H,1,7H2,2-4H3;2*5,7H,1,6H2,2-4H3;5-6H,1H2,2-4H3,(H,10,11);3*5H,1-4H3. The molecule has 534 valence electrons.